The van der Waals surface area contributed by atoms with Crippen LogP contribution in [-0.4, -0.2) is 28.8 Å². The monoisotopic (exact) mass is 391 g/mol. The van der Waals surface area contributed by atoms with Crippen LogP contribution in [0.25, 0.3) is 0 Å². The first-order valence-corrected chi connectivity index (χ1v) is 7.84. The number of hydrogen-bond donors (Lipinski definition) is 1. The molecule has 0 saturated heterocycles. The van der Waals surface area contributed by atoms with E-state index in [9.17, 15) is 18.4 Å². The summed E-state index contributed by atoms with van der Waals surface area (Å²) >= 11 is 11.4. The molecule has 0 radical (unpaired) electrons. The number of rotatable bonds is 7. The van der Waals surface area contributed by atoms with Crippen LogP contribution in [0, 0.1) is 0 Å². The van der Waals surface area contributed by atoms with Crippen LogP contribution in [0.15, 0.2) is 35.3 Å². The van der Waals surface area contributed by atoms with E-state index < -0.39 is 18.1 Å². The Labute approximate surface area is 151 Å². The Bertz CT molecular complexity index is 798. The summed E-state index contributed by atoms with van der Waals surface area (Å²) in [6, 6.07) is 6.08. The van der Waals surface area contributed by atoms with Gasteiger partial charge < -0.3 is 10.1 Å². The van der Waals surface area contributed by atoms with E-state index in [1.54, 1.807) is 12.1 Å². The summed E-state index contributed by atoms with van der Waals surface area (Å²) in [6.07, 6.45) is 1.66. The smallest absolute Gasteiger partial charge is 0.387 e. The van der Waals surface area contributed by atoms with Crippen LogP contribution in [0.3, 0.4) is 0 Å². The summed E-state index contributed by atoms with van der Waals surface area (Å²) in [6.45, 7) is -2.87. The van der Waals surface area contributed by atoms with Gasteiger partial charge in [-0.05, 0) is 24.1 Å². The highest BCUT2D eigenvalue weighted by molar-refractivity contribution is 6.41. The lowest BCUT2D eigenvalue weighted by Gasteiger charge is -2.08. The fourth-order valence-corrected chi connectivity index (χ4v) is 2.20. The molecule has 0 aliphatic rings. The molecule has 0 bridgehead atoms. The van der Waals surface area contributed by atoms with Crippen molar-refractivity contribution in [2.45, 2.75) is 19.6 Å². The van der Waals surface area contributed by atoms with E-state index in [4.69, 9.17) is 23.2 Å². The fourth-order valence-electron chi connectivity index (χ4n) is 1.93. The molecule has 2 aromatic rings. The Kier molecular flexibility index (Phi) is 6.72. The standard InChI is InChI=1S/C15H13Cl2F2N3O3/c16-11-7-21-22(14(24)13(11)17)8-12(23)20-6-5-9-1-3-10(4-2-9)25-15(18)19/h1-4,7,15H,5-6,8H2,(H,20,23). The second kappa shape index (κ2) is 8.77. The quantitative estimate of drug-likeness (QED) is 0.786. The molecule has 2 rings (SSSR count). The molecule has 1 amide bonds. The highest BCUT2D eigenvalue weighted by Gasteiger charge is 2.10. The third-order valence-electron chi connectivity index (χ3n) is 3.12. The maximum Gasteiger partial charge on any atom is 0.387 e. The molecule has 25 heavy (non-hydrogen) atoms. The third-order valence-corrected chi connectivity index (χ3v) is 3.87. The third kappa shape index (κ3) is 5.68. The van der Waals surface area contributed by atoms with Crippen LogP contribution >= 0.6 is 23.2 Å². The highest BCUT2D eigenvalue weighted by atomic mass is 35.5. The molecule has 6 nitrogen and oxygen atoms in total. The van der Waals surface area contributed by atoms with Crippen molar-refractivity contribution in [2.24, 2.45) is 0 Å². The summed E-state index contributed by atoms with van der Waals surface area (Å²) in [7, 11) is 0. The summed E-state index contributed by atoms with van der Waals surface area (Å²) in [5.74, 6) is -0.363. The molecule has 0 saturated carbocycles. The first-order valence-electron chi connectivity index (χ1n) is 7.08. The largest absolute Gasteiger partial charge is 0.435 e. The van der Waals surface area contributed by atoms with Crippen LogP contribution in [0.2, 0.25) is 10.0 Å². The van der Waals surface area contributed by atoms with Gasteiger partial charge in [0, 0.05) is 6.54 Å². The lowest BCUT2D eigenvalue weighted by Crippen LogP contribution is -2.34. The molecule has 0 fully saturated rings. The molecule has 0 unspecified atom stereocenters. The second-order valence-corrected chi connectivity index (χ2v) is 5.68. The lowest BCUT2D eigenvalue weighted by molar-refractivity contribution is -0.121. The number of nitrogens with one attached hydrogen (secondary N) is 1. The highest BCUT2D eigenvalue weighted by Crippen LogP contribution is 2.15. The molecule has 1 aromatic carbocycles. The van der Waals surface area contributed by atoms with Gasteiger partial charge in [-0.1, -0.05) is 35.3 Å². The molecular weight excluding hydrogens is 379 g/mol. The summed E-state index contributed by atoms with van der Waals surface area (Å²) in [5.41, 5.74) is 0.172. The van der Waals surface area contributed by atoms with Gasteiger partial charge in [0.25, 0.3) is 5.56 Å². The number of carbonyl (C=O) groups excluding carboxylic acids is 1. The second-order valence-electron chi connectivity index (χ2n) is 4.89. The minimum Gasteiger partial charge on any atom is -0.435 e. The number of ether oxygens (including phenoxy) is 1. The van der Waals surface area contributed by atoms with Crippen molar-refractivity contribution >= 4 is 29.1 Å². The molecule has 1 heterocycles. The average Bonchev–Trinajstić information content (AvgIpc) is 2.56. The predicted octanol–water partition coefficient (Wildman–Crippen LogP) is 2.51. The minimum absolute atomic E-state index is 0.0163. The number of halogens is 4. The van der Waals surface area contributed by atoms with Crippen molar-refractivity contribution in [3.05, 3.63) is 56.4 Å². The van der Waals surface area contributed by atoms with E-state index in [-0.39, 0.29) is 22.3 Å². The summed E-state index contributed by atoms with van der Waals surface area (Å²) in [4.78, 5) is 23.6. The van der Waals surface area contributed by atoms with E-state index in [0.29, 0.717) is 13.0 Å². The summed E-state index contributed by atoms with van der Waals surface area (Å²) < 4.78 is 29.3. The van der Waals surface area contributed by atoms with Crippen LogP contribution in [0.4, 0.5) is 8.78 Å². The Morgan fingerprint density at radius 2 is 1.96 bits per heavy atom. The first-order chi connectivity index (χ1) is 11.9. The number of alkyl halides is 2. The summed E-state index contributed by atoms with van der Waals surface area (Å²) in [5, 5.41) is 6.17. The predicted molar refractivity (Wildman–Crippen MR) is 88.3 cm³/mol. The van der Waals surface area contributed by atoms with E-state index in [1.807, 2.05) is 0 Å². The van der Waals surface area contributed by atoms with Crippen LogP contribution in [-0.2, 0) is 17.8 Å². The van der Waals surface area contributed by atoms with Gasteiger partial charge in [-0.2, -0.15) is 13.9 Å². The van der Waals surface area contributed by atoms with Gasteiger partial charge in [-0.25, -0.2) is 4.68 Å². The van der Waals surface area contributed by atoms with Crippen molar-refractivity contribution in [1.82, 2.24) is 15.1 Å². The molecule has 10 heteroatoms. The topological polar surface area (TPSA) is 73.2 Å². The fraction of sp³-hybridized carbons (Fsp3) is 0.267. The van der Waals surface area contributed by atoms with Crippen molar-refractivity contribution in [3.63, 3.8) is 0 Å². The normalized spacial score (nSPS) is 10.8. The molecule has 0 spiro atoms. The zero-order chi connectivity index (χ0) is 18.4. The van der Waals surface area contributed by atoms with E-state index in [1.165, 1.54) is 18.3 Å². The zero-order valence-electron chi connectivity index (χ0n) is 12.7. The van der Waals surface area contributed by atoms with Crippen LogP contribution in [0.1, 0.15) is 5.56 Å². The molecule has 0 aliphatic heterocycles. The van der Waals surface area contributed by atoms with Gasteiger partial charge in [-0.15, -0.1) is 0 Å². The van der Waals surface area contributed by atoms with E-state index in [2.05, 4.69) is 15.2 Å². The van der Waals surface area contributed by atoms with Gasteiger partial charge in [0.05, 0.1) is 11.2 Å². The number of aromatic nitrogens is 2. The van der Waals surface area contributed by atoms with Crippen molar-refractivity contribution in [1.29, 1.82) is 0 Å². The van der Waals surface area contributed by atoms with E-state index >= 15 is 0 Å². The van der Waals surface area contributed by atoms with Gasteiger partial charge in [0.15, 0.2) is 0 Å². The Balaban J connectivity index is 1.83. The first kappa shape index (κ1) is 19.1. The maximum atomic E-state index is 12.1. The number of hydrogen-bond acceptors (Lipinski definition) is 4. The number of carbonyl (C=O) groups is 1. The number of amides is 1. The Hall–Kier alpha value is -2.19. The van der Waals surface area contributed by atoms with Crippen LogP contribution < -0.4 is 15.6 Å². The van der Waals surface area contributed by atoms with Crippen molar-refractivity contribution < 1.29 is 18.3 Å². The van der Waals surface area contributed by atoms with Crippen molar-refractivity contribution in [3.8, 4) is 5.75 Å². The molecule has 134 valence electrons. The van der Waals surface area contributed by atoms with Crippen LogP contribution in [0.5, 0.6) is 5.75 Å². The number of nitrogens with zero attached hydrogens (tertiary/aromatic N) is 2. The molecule has 1 aromatic heterocycles. The lowest BCUT2D eigenvalue weighted by atomic mass is 10.1. The van der Waals surface area contributed by atoms with Crippen molar-refractivity contribution in [2.75, 3.05) is 6.54 Å². The Morgan fingerprint density at radius 1 is 1.28 bits per heavy atom. The van der Waals surface area contributed by atoms with Gasteiger partial charge in [0.1, 0.15) is 17.3 Å². The molecular formula is C15H13Cl2F2N3O3. The molecule has 0 atom stereocenters. The SMILES string of the molecule is O=C(Cn1ncc(Cl)c(Cl)c1=O)NCCc1ccc(OC(F)F)cc1. The zero-order valence-corrected chi connectivity index (χ0v) is 14.2. The minimum atomic E-state index is -2.87. The van der Waals surface area contributed by atoms with Gasteiger partial charge in [-0.3, -0.25) is 9.59 Å². The Morgan fingerprint density at radius 3 is 2.60 bits per heavy atom. The van der Waals surface area contributed by atoms with Gasteiger partial charge >= 0.3 is 6.61 Å². The maximum absolute atomic E-state index is 12.1. The van der Waals surface area contributed by atoms with Gasteiger partial charge in [0.2, 0.25) is 5.91 Å². The van der Waals surface area contributed by atoms with E-state index in [0.717, 1.165) is 10.2 Å². The average molecular weight is 392 g/mol. The number of benzene rings is 1. The molecule has 1 N–H and O–H groups in total. The molecule has 0 aliphatic carbocycles.